The van der Waals surface area contributed by atoms with Gasteiger partial charge in [0.25, 0.3) is 0 Å². The van der Waals surface area contributed by atoms with E-state index in [-0.39, 0.29) is 53.9 Å². The summed E-state index contributed by atoms with van der Waals surface area (Å²) >= 11 is 30.6. The van der Waals surface area contributed by atoms with Crippen LogP contribution in [0.1, 0.15) is 67.2 Å². The van der Waals surface area contributed by atoms with Crippen molar-refractivity contribution in [3.8, 4) is 0 Å². The van der Waals surface area contributed by atoms with Gasteiger partial charge >= 0.3 is 14.3 Å². The largest absolute Gasteiger partial charge is 0.360 e. The molecule has 33 heavy (non-hydrogen) atoms. The van der Waals surface area contributed by atoms with Crippen LogP contribution in [0.3, 0.4) is 0 Å². The molecule has 0 aromatic rings. The first-order valence-electron chi connectivity index (χ1n) is 11.4. The molecule has 200 valence electrons. The van der Waals surface area contributed by atoms with Crippen LogP contribution in [0.5, 0.6) is 0 Å². The van der Waals surface area contributed by atoms with Crippen LogP contribution in [-0.2, 0) is 39.0 Å². The lowest BCUT2D eigenvalue weighted by molar-refractivity contribution is 0.0928. The predicted octanol–water partition coefficient (Wildman–Crippen LogP) is 8.54. The van der Waals surface area contributed by atoms with Gasteiger partial charge in [0.2, 0.25) is 0 Å². The first-order chi connectivity index (χ1) is 15.4. The second-order valence-electron chi connectivity index (χ2n) is 7.93. The molecule has 0 spiro atoms. The highest BCUT2D eigenvalue weighted by atomic mass is 35.5. The molecule has 0 saturated carbocycles. The Kier molecular flexibility index (Phi) is 19.2. The van der Waals surface area contributed by atoms with Gasteiger partial charge in [-0.2, -0.15) is 0 Å². The van der Waals surface area contributed by atoms with Crippen molar-refractivity contribution in [3.05, 3.63) is 0 Å². The van der Waals surface area contributed by atoms with Crippen molar-refractivity contribution < 1.29 is 27.2 Å². The first kappa shape index (κ1) is 34.8. The Labute approximate surface area is 225 Å². The zero-order valence-corrected chi connectivity index (χ0v) is 26.0. The molecule has 0 heterocycles. The summed E-state index contributed by atoms with van der Waals surface area (Å²) in [5.74, 6) is -1.37. The van der Waals surface area contributed by atoms with Gasteiger partial charge in [0.1, 0.15) is 0 Å². The van der Waals surface area contributed by atoms with E-state index < -0.39 is 20.2 Å². The molecule has 0 saturated heterocycles. The van der Waals surface area contributed by atoms with Crippen LogP contribution in [0, 0.1) is 5.92 Å². The van der Waals surface area contributed by atoms with Gasteiger partial charge < -0.3 is 18.1 Å². The number of rotatable bonds is 20. The smallest absolute Gasteiger partial charge is 0.307 e. The van der Waals surface area contributed by atoms with E-state index in [1.54, 1.807) is 0 Å². The van der Waals surface area contributed by atoms with Gasteiger partial charge in [0, 0.05) is 0 Å². The quantitative estimate of drug-likeness (QED) is 0.101. The minimum atomic E-state index is -3.88. The fourth-order valence-electron chi connectivity index (χ4n) is 2.14. The van der Waals surface area contributed by atoms with Gasteiger partial charge in [0.15, 0.2) is 5.85 Å². The Bertz CT molecular complexity index is 583. The molecule has 13 heteroatoms. The molecular weight excluding hydrogens is 572 g/mol. The summed E-state index contributed by atoms with van der Waals surface area (Å²) in [7, 11) is -3.88. The fourth-order valence-corrected chi connectivity index (χ4v) is 7.72. The summed E-state index contributed by atoms with van der Waals surface area (Å²) in [6.45, 7) is 8.19. The maximum absolute atomic E-state index is 14.0. The van der Waals surface area contributed by atoms with Crippen molar-refractivity contribution in [2.24, 2.45) is 5.92 Å². The summed E-state index contributed by atoms with van der Waals surface area (Å²) in [5, 5.41) is -1.24. The molecule has 0 aromatic carbocycles. The molecule has 5 atom stereocenters. The van der Waals surface area contributed by atoms with Crippen LogP contribution in [-0.4, -0.2) is 53.8 Å². The highest BCUT2D eigenvalue weighted by Gasteiger charge is 2.44. The van der Waals surface area contributed by atoms with Gasteiger partial charge in [-0.05, 0) is 43.4 Å². The molecule has 0 fully saturated rings. The SMILES string of the molecule is CCC(Cl)COP(=O)(OCC(Cl)CC)C(OP(=S)(OCC(Cl)CC)OCC(Cl)CC)C(C)C. The van der Waals surface area contributed by atoms with Crippen molar-refractivity contribution in [2.45, 2.75) is 94.6 Å². The minimum absolute atomic E-state index is 0.0186. The third kappa shape index (κ3) is 14.4. The van der Waals surface area contributed by atoms with Crippen LogP contribution in [0.2, 0.25) is 0 Å². The van der Waals surface area contributed by atoms with Crippen molar-refractivity contribution in [1.29, 1.82) is 0 Å². The lowest BCUT2D eigenvalue weighted by atomic mass is 10.2. The minimum Gasteiger partial charge on any atom is -0.307 e. The number of hydrogen-bond acceptors (Lipinski definition) is 7. The molecule has 5 unspecified atom stereocenters. The van der Waals surface area contributed by atoms with Gasteiger partial charge in [-0.15, -0.1) is 46.4 Å². The Hall–Kier alpha value is 1.84. The predicted molar refractivity (Wildman–Crippen MR) is 145 cm³/mol. The Balaban J connectivity index is 5.91. The van der Waals surface area contributed by atoms with E-state index >= 15 is 0 Å². The Morgan fingerprint density at radius 3 is 1.24 bits per heavy atom. The van der Waals surface area contributed by atoms with Crippen molar-refractivity contribution >= 4 is 72.5 Å². The molecule has 0 aromatic heterocycles. The summed E-state index contributed by atoms with van der Waals surface area (Å²) in [6.07, 6.45) is 2.61. The van der Waals surface area contributed by atoms with Crippen molar-refractivity contribution in [3.63, 3.8) is 0 Å². The Morgan fingerprint density at radius 2 is 0.970 bits per heavy atom. The highest BCUT2D eigenvalue weighted by molar-refractivity contribution is 8.07. The van der Waals surface area contributed by atoms with E-state index in [2.05, 4.69) is 0 Å². The average Bonchev–Trinajstić information content (AvgIpc) is 2.81. The molecule has 0 aliphatic carbocycles. The monoisotopic (exact) mass is 610 g/mol. The molecule has 6 nitrogen and oxygen atoms in total. The summed E-state index contributed by atoms with van der Waals surface area (Å²) < 4.78 is 43.4. The normalized spacial score (nSPS) is 20.6. The second-order valence-corrected chi connectivity index (χ2v) is 15.5. The summed E-state index contributed by atoms with van der Waals surface area (Å²) in [5.41, 5.74) is 0. The van der Waals surface area contributed by atoms with E-state index in [1.165, 1.54) is 0 Å². The van der Waals surface area contributed by atoms with Gasteiger partial charge in [-0.25, -0.2) is 0 Å². The van der Waals surface area contributed by atoms with E-state index in [4.69, 9.17) is 80.8 Å². The van der Waals surface area contributed by atoms with Gasteiger partial charge in [0.05, 0.1) is 47.9 Å². The molecule has 0 rings (SSSR count). The van der Waals surface area contributed by atoms with Gasteiger partial charge in [-0.1, -0.05) is 41.5 Å². The van der Waals surface area contributed by atoms with Gasteiger partial charge in [-0.3, -0.25) is 9.09 Å². The molecule has 0 bridgehead atoms. The highest BCUT2D eigenvalue weighted by Crippen LogP contribution is 2.63. The third-order valence-corrected chi connectivity index (χ3v) is 11.1. The zero-order chi connectivity index (χ0) is 25.7. The first-order valence-corrected chi connectivity index (χ1v) is 17.3. The number of halogens is 4. The van der Waals surface area contributed by atoms with E-state index in [1.807, 2.05) is 41.5 Å². The van der Waals surface area contributed by atoms with Crippen LogP contribution in [0.25, 0.3) is 0 Å². The maximum Gasteiger partial charge on any atom is 0.360 e. The summed E-state index contributed by atoms with van der Waals surface area (Å²) in [4.78, 5) is 0. The third-order valence-electron chi connectivity index (χ3n) is 4.59. The maximum atomic E-state index is 14.0. The molecular formula is C20H40Cl4O6P2S. The molecule has 0 radical (unpaired) electrons. The van der Waals surface area contributed by atoms with E-state index in [9.17, 15) is 4.57 Å². The summed E-state index contributed by atoms with van der Waals surface area (Å²) in [6, 6.07) is 0. The molecule has 0 N–H and O–H groups in total. The lowest BCUT2D eigenvalue weighted by Gasteiger charge is -2.34. The van der Waals surface area contributed by atoms with Crippen molar-refractivity contribution in [1.82, 2.24) is 0 Å². The Morgan fingerprint density at radius 1 is 0.667 bits per heavy atom. The fraction of sp³-hybridized carbons (Fsp3) is 1.00. The van der Waals surface area contributed by atoms with Crippen LogP contribution >= 0.6 is 60.7 Å². The number of hydrogen-bond donors (Lipinski definition) is 0. The van der Waals surface area contributed by atoms with Crippen LogP contribution in [0.15, 0.2) is 0 Å². The molecule has 0 amide bonds. The van der Waals surface area contributed by atoms with E-state index in [0.717, 1.165) is 0 Å². The average molecular weight is 612 g/mol. The molecule has 0 aliphatic heterocycles. The lowest BCUT2D eigenvalue weighted by Crippen LogP contribution is -2.26. The van der Waals surface area contributed by atoms with Crippen LogP contribution in [0.4, 0.5) is 0 Å². The second kappa shape index (κ2) is 18.2. The standard InChI is InChI=1S/C20H40Cl4O6P2S/c1-7-16(21)11-26-31(25,27-12-17(22)8-2)20(15(5)6)30-32(33,28-13-18(23)9-3)29-14-19(24)10-4/h15-20H,7-14H2,1-6H3. The van der Waals surface area contributed by atoms with Crippen molar-refractivity contribution in [2.75, 3.05) is 26.4 Å². The molecule has 0 aliphatic rings. The van der Waals surface area contributed by atoms with E-state index in [0.29, 0.717) is 25.7 Å². The number of alkyl halides is 4. The van der Waals surface area contributed by atoms with Crippen LogP contribution < -0.4 is 0 Å². The topological polar surface area (TPSA) is 63.2 Å². The zero-order valence-electron chi connectivity index (χ0n) is 20.4.